The Balaban J connectivity index is 3.81. The molecule has 1 unspecified atom stereocenters. The van der Waals surface area contributed by atoms with Crippen molar-refractivity contribution in [3.05, 3.63) is 12.7 Å². The van der Waals surface area contributed by atoms with Crippen molar-refractivity contribution in [3.8, 4) is 0 Å². The lowest BCUT2D eigenvalue weighted by Gasteiger charge is -2.28. The molecule has 0 amide bonds. The van der Waals surface area contributed by atoms with Crippen LogP contribution < -0.4 is 0 Å². The van der Waals surface area contributed by atoms with Crippen LogP contribution in [-0.2, 0) is 4.12 Å². The monoisotopic (exact) mass is 256 g/mol. The molecule has 1 nitrogen and oxygen atoms in total. The predicted molar refractivity (Wildman–Crippen MR) is 62.2 cm³/mol. The molecule has 0 spiro atoms. The van der Waals surface area contributed by atoms with Crippen molar-refractivity contribution in [1.29, 1.82) is 0 Å². The Morgan fingerprint density at radius 3 is 2.40 bits per heavy atom. The first-order valence-electron chi connectivity index (χ1n) is 5.02. The van der Waals surface area contributed by atoms with E-state index in [0.29, 0.717) is 0 Å². The average Bonchev–Trinajstić information content (AvgIpc) is 2.09. The summed E-state index contributed by atoms with van der Waals surface area (Å²) in [5.74, 6) is 0. The molecular formula is C9H19F3OSi2. The lowest BCUT2D eigenvalue weighted by atomic mass is 10.5. The summed E-state index contributed by atoms with van der Waals surface area (Å²) in [6.07, 6.45) is -2.91. The Kier molecular flexibility index (Phi) is 5.83. The smallest absolute Gasteiger partial charge is 0.388 e. The molecule has 0 aliphatic rings. The van der Waals surface area contributed by atoms with Gasteiger partial charge in [0, 0.05) is 6.42 Å². The first kappa shape index (κ1) is 14.9. The van der Waals surface area contributed by atoms with Gasteiger partial charge < -0.3 is 4.12 Å². The highest BCUT2D eigenvalue weighted by atomic mass is 28.4. The van der Waals surface area contributed by atoms with Crippen molar-refractivity contribution >= 4 is 18.1 Å². The maximum Gasteiger partial charge on any atom is 0.388 e. The zero-order valence-electron chi connectivity index (χ0n) is 9.53. The largest absolute Gasteiger partial charge is 0.460 e. The average molecular weight is 256 g/mol. The molecule has 0 aromatic heterocycles. The number of alkyl halides is 3. The van der Waals surface area contributed by atoms with Crippen LogP contribution in [0.4, 0.5) is 13.2 Å². The van der Waals surface area contributed by atoms with E-state index in [0.717, 1.165) is 0 Å². The Bertz CT molecular complexity index is 204. The highest BCUT2D eigenvalue weighted by Crippen LogP contribution is 2.25. The molecular weight excluding hydrogens is 237 g/mol. The van der Waals surface area contributed by atoms with Gasteiger partial charge in [-0.3, -0.25) is 0 Å². The van der Waals surface area contributed by atoms with Gasteiger partial charge in [0.25, 0.3) is 0 Å². The van der Waals surface area contributed by atoms with Gasteiger partial charge in [-0.05, 0) is 24.7 Å². The molecule has 0 aliphatic heterocycles. The van der Waals surface area contributed by atoms with Gasteiger partial charge in [-0.2, -0.15) is 13.2 Å². The van der Waals surface area contributed by atoms with Gasteiger partial charge in [0.15, 0.2) is 8.32 Å². The molecule has 0 aliphatic carbocycles. The molecule has 6 heteroatoms. The second kappa shape index (κ2) is 5.86. The number of allylic oxidation sites excluding steroid dienone is 1. The fourth-order valence-electron chi connectivity index (χ4n) is 1.02. The Hall–Kier alpha value is -0.0762. The van der Waals surface area contributed by atoms with E-state index in [1.165, 1.54) is 0 Å². The normalized spacial score (nSPS) is 15.9. The third-order valence-electron chi connectivity index (χ3n) is 2.53. The zero-order chi connectivity index (χ0) is 12.1. The molecule has 0 fully saturated rings. The van der Waals surface area contributed by atoms with Crippen LogP contribution in [0.5, 0.6) is 0 Å². The minimum absolute atomic E-state index is 0.184. The summed E-state index contributed by atoms with van der Waals surface area (Å²) in [7, 11) is -2.86. The zero-order valence-corrected chi connectivity index (χ0v) is 11.9. The van der Waals surface area contributed by atoms with E-state index >= 15 is 0 Å². The summed E-state index contributed by atoms with van der Waals surface area (Å²) < 4.78 is 41.3. The summed E-state index contributed by atoms with van der Waals surface area (Å²) in [5.41, 5.74) is 0.288. The van der Waals surface area contributed by atoms with Crippen molar-refractivity contribution in [2.45, 2.75) is 44.2 Å². The summed E-state index contributed by atoms with van der Waals surface area (Å²) >= 11 is 0. The first-order valence-corrected chi connectivity index (χ1v) is 9.58. The predicted octanol–water partition coefficient (Wildman–Crippen LogP) is 3.24. The highest BCUT2D eigenvalue weighted by Gasteiger charge is 2.29. The first-order chi connectivity index (χ1) is 6.69. The summed E-state index contributed by atoms with van der Waals surface area (Å²) in [5, 5.41) is 0. The second-order valence-electron chi connectivity index (χ2n) is 4.20. The van der Waals surface area contributed by atoms with E-state index in [9.17, 15) is 13.2 Å². The molecule has 0 radical (unpaired) electrons. The molecule has 0 rings (SSSR count). The van der Waals surface area contributed by atoms with E-state index in [2.05, 4.69) is 6.58 Å². The van der Waals surface area contributed by atoms with Gasteiger partial charge in [0.2, 0.25) is 0 Å². The molecule has 0 saturated carbocycles. The Labute approximate surface area is 92.8 Å². The van der Waals surface area contributed by atoms with Gasteiger partial charge in [-0.15, -0.1) is 6.58 Å². The molecule has 0 saturated heterocycles. The highest BCUT2D eigenvalue weighted by molar-refractivity contribution is 6.76. The van der Waals surface area contributed by atoms with Crippen molar-refractivity contribution in [2.75, 3.05) is 0 Å². The van der Waals surface area contributed by atoms with Crippen LogP contribution in [0.1, 0.15) is 13.3 Å². The van der Waals surface area contributed by atoms with Gasteiger partial charge >= 0.3 is 6.18 Å². The van der Waals surface area contributed by atoms with E-state index in [1.54, 1.807) is 0 Å². The lowest BCUT2D eigenvalue weighted by molar-refractivity contribution is -0.130. The molecule has 0 N–H and O–H groups in total. The van der Waals surface area contributed by atoms with Crippen LogP contribution in [0.15, 0.2) is 12.7 Å². The SMILES string of the molecule is C=CC(C)[Si](C)(C)O[SiH2]CCC(F)(F)F. The van der Waals surface area contributed by atoms with E-state index in [4.69, 9.17) is 4.12 Å². The van der Waals surface area contributed by atoms with Crippen molar-refractivity contribution in [2.24, 2.45) is 0 Å². The van der Waals surface area contributed by atoms with Crippen molar-refractivity contribution in [3.63, 3.8) is 0 Å². The number of hydrogen-bond acceptors (Lipinski definition) is 1. The summed E-state index contributed by atoms with van der Waals surface area (Å²) in [4.78, 5) is 0. The maximum atomic E-state index is 11.9. The maximum absolute atomic E-state index is 11.9. The lowest BCUT2D eigenvalue weighted by Crippen LogP contribution is -2.36. The minimum Gasteiger partial charge on any atom is -0.460 e. The quantitative estimate of drug-likeness (QED) is 0.403. The fraction of sp³-hybridized carbons (Fsp3) is 0.778. The topological polar surface area (TPSA) is 9.23 Å². The van der Waals surface area contributed by atoms with Crippen LogP contribution >= 0.6 is 0 Å². The van der Waals surface area contributed by atoms with Gasteiger partial charge in [-0.25, -0.2) is 0 Å². The molecule has 15 heavy (non-hydrogen) atoms. The third kappa shape index (κ3) is 6.91. The van der Waals surface area contributed by atoms with Gasteiger partial charge in [0.05, 0.1) is 0 Å². The van der Waals surface area contributed by atoms with Gasteiger partial charge in [-0.1, -0.05) is 13.0 Å². The van der Waals surface area contributed by atoms with Crippen LogP contribution in [-0.4, -0.2) is 24.3 Å². The minimum atomic E-state index is -4.04. The number of hydrogen-bond donors (Lipinski definition) is 0. The second-order valence-corrected chi connectivity index (χ2v) is 10.6. The Morgan fingerprint density at radius 2 is 2.00 bits per heavy atom. The molecule has 1 atom stereocenters. The Morgan fingerprint density at radius 1 is 1.47 bits per heavy atom. The standard InChI is InChI=1S/C9H19F3OSi2/c1-5-8(2)15(3,4)13-14-7-6-9(10,11)12/h5,8H,1,6-7,14H2,2-4H3. The number of rotatable bonds is 6. The molecule has 90 valence electrons. The van der Waals surface area contributed by atoms with Crippen molar-refractivity contribution in [1.82, 2.24) is 0 Å². The van der Waals surface area contributed by atoms with Gasteiger partial charge in [0.1, 0.15) is 9.76 Å². The van der Waals surface area contributed by atoms with Crippen LogP contribution in [0.25, 0.3) is 0 Å². The molecule has 0 aromatic carbocycles. The van der Waals surface area contributed by atoms with E-state index in [1.807, 2.05) is 26.1 Å². The van der Waals surface area contributed by atoms with Crippen molar-refractivity contribution < 1.29 is 17.3 Å². The van der Waals surface area contributed by atoms with Crippen LogP contribution in [0.2, 0.25) is 24.7 Å². The van der Waals surface area contributed by atoms with Crippen LogP contribution in [0, 0.1) is 0 Å². The van der Waals surface area contributed by atoms with E-state index in [-0.39, 0.29) is 11.6 Å². The number of halogens is 3. The summed E-state index contributed by atoms with van der Waals surface area (Å²) in [6.45, 7) is 9.75. The fourth-order valence-corrected chi connectivity index (χ4v) is 5.87. The third-order valence-corrected chi connectivity index (χ3v) is 9.39. The summed E-state index contributed by atoms with van der Waals surface area (Å²) in [6, 6.07) is 0.184. The molecule has 0 heterocycles. The molecule has 0 aromatic rings. The van der Waals surface area contributed by atoms with E-state index < -0.39 is 30.7 Å². The molecule has 0 bridgehead atoms. The van der Waals surface area contributed by atoms with Crippen LogP contribution in [0.3, 0.4) is 0 Å².